The second kappa shape index (κ2) is 14.2. The predicted octanol–water partition coefficient (Wildman–Crippen LogP) is 5.59. The monoisotopic (exact) mass is 711 g/mol. The van der Waals surface area contributed by atoms with E-state index in [0.717, 1.165) is 0 Å². The van der Waals surface area contributed by atoms with Crippen LogP contribution in [0, 0.1) is 5.92 Å². The highest BCUT2D eigenvalue weighted by Crippen LogP contribution is 2.55. The number of sulfonamides is 1. The van der Waals surface area contributed by atoms with Gasteiger partial charge in [0.05, 0.1) is 33.5 Å². The molecular weight excluding hydrogens is 681 g/mol. The minimum atomic E-state index is -6.91. The molecule has 0 amide bonds. The minimum Gasteiger partial charge on any atom is -0.329 e. The van der Waals surface area contributed by atoms with E-state index < -0.39 is 104 Å². The standard InChI is InChI=1S/C19H29F14N2O6PS/c1-35(2,3)7-9-41-42(36,37)40-8-6-34-43(38,39)10-4-5-13(11-14(20,16(22,23)24)17(25,26)27)12-15(21,18(28,29)30)19(31,32)33/h13,34H,4-12H2,1-3H3/p+1. The van der Waals surface area contributed by atoms with Crippen LogP contribution in [-0.2, 0) is 23.6 Å². The first-order valence-corrected chi connectivity index (χ1v) is 14.9. The van der Waals surface area contributed by atoms with Gasteiger partial charge >= 0.3 is 32.5 Å². The minimum absolute atomic E-state index is 0.243. The van der Waals surface area contributed by atoms with Gasteiger partial charge in [0.15, 0.2) is 0 Å². The first-order valence-electron chi connectivity index (χ1n) is 11.7. The number of quaternary nitrogens is 1. The fraction of sp³-hybridized carbons (Fsp3) is 1.00. The first-order chi connectivity index (χ1) is 18.7. The van der Waals surface area contributed by atoms with Crippen LogP contribution < -0.4 is 4.72 Å². The van der Waals surface area contributed by atoms with Gasteiger partial charge in [-0.2, -0.15) is 52.7 Å². The number of likely N-dealkylation sites (N-methyl/N-ethyl adjacent to an activating group) is 1. The Morgan fingerprint density at radius 2 is 1.12 bits per heavy atom. The van der Waals surface area contributed by atoms with Gasteiger partial charge in [0.1, 0.15) is 13.2 Å². The molecule has 0 rings (SSSR count). The van der Waals surface area contributed by atoms with Crippen molar-refractivity contribution in [2.45, 2.75) is 61.7 Å². The van der Waals surface area contributed by atoms with Crippen LogP contribution in [0.1, 0.15) is 25.7 Å². The van der Waals surface area contributed by atoms with Gasteiger partial charge in [0.2, 0.25) is 10.0 Å². The summed E-state index contributed by atoms with van der Waals surface area (Å²) in [6.07, 6.45) is -36.8. The summed E-state index contributed by atoms with van der Waals surface area (Å²) >= 11 is 0. The van der Waals surface area contributed by atoms with Crippen molar-refractivity contribution in [2.24, 2.45) is 5.92 Å². The van der Waals surface area contributed by atoms with Gasteiger partial charge in [-0.1, -0.05) is 0 Å². The van der Waals surface area contributed by atoms with E-state index in [1.54, 1.807) is 25.9 Å². The van der Waals surface area contributed by atoms with Crippen LogP contribution in [0.2, 0.25) is 0 Å². The normalized spacial score (nSPS) is 16.5. The van der Waals surface area contributed by atoms with Gasteiger partial charge in [0, 0.05) is 19.4 Å². The lowest BCUT2D eigenvalue weighted by molar-refractivity contribution is -0.870. The zero-order valence-electron chi connectivity index (χ0n) is 22.5. The molecule has 0 aromatic heterocycles. The molecule has 0 aliphatic rings. The summed E-state index contributed by atoms with van der Waals surface area (Å²) in [6.45, 7) is -1.67. The molecule has 0 saturated heterocycles. The molecule has 0 aromatic carbocycles. The molecule has 1 unspecified atom stereocenters. The van der Waals surface area contributed by atoms with Crippen LogP contribution in [0.4, 0.5) is 61.5 Å². The molecule has 0 spiro atoms. The van der Waals surface area contributed by atoms with Crippen LogP contribution in [-0.4, -0.2) is 107 Å². The van der Waals surface area contributed by atoms with Crippen molar-refractivity contribution >= 4 is 17.8 Å². The molecule has 0 aliphatic heterocycles. The Balaban J connectivity index is 5.63. The number of phosphoric ester groups is 1. The Hall–Kier alpha value is -1.00. The molecule has 1 atom stereocenters. The van der Waals surface area contributed by atoms with E-state index in [1.165, 1.54) is 0 Å². The van der Waals surface area contributed by atoms with Gasteiger partial charge in [0.25, 0.3) is 11.3 Å². The number of halogens is 14. The summed E-state index contributed by atoms with van der Waals surface area (Å²) in [5.41, 5.74) is -12.7. The number of nitrogens with one attached hydrogen (secondary N) is 1. The van der Waals surface area contributed by atoms with Crippen LogP contribution >= 0.6 is 7.82 Å². The van der Waals surface area contributed by atoms with Crippen LogP contribution in [0.25, 0.3) is 0 Å². The van der Waals surface area contributed by atoms with E-state index in [9.17, 15) is 79.3 Å². The van der Waals surface area contributed by atoms with Crippen LogP contribution in [0.3, 0.4) is 0 Å². The van der Waals surface area contributed by atoms with Gasteiger partial charge < -0.3 is 9.38 Å². The van der Waals surface area contributed by atoms with Crippen LogP contribution in [0.5, 0.6) is 0 Å². The van der Waals surface area contributed by atoms with E-state index in [2.05, 4.69) is 9.05 Å². The summed E-state index contributed by atoms with van der Waals surface area (Å²) in [6, 6.07) is 0. The Morgan fingerprint density at radius 3 is 1.47 bits per heavy atom. The highest BCUT2D eigenvalue weighted by molar-refractivity contribution is 7.89. The molecule has 0 radical (unpaired) electrons. The highest BCUT2D eigenvalue weighted by Gasteiger charge is 2.75. The maximum Gasteiger partial charge on any atom is 0.472 e. The van der Waals surface area contributed by atoms with Crippen molar-refractivity contribution in [2.75, 3.05) is 53.2 Å². The maximum absolute atomic E-state index is 14.2. The number of hydrogen-bond acceptors (Lipinski definition) is 5. The van der Waals surface area contributed by atoms with Gasteiger partial charge in [-0.05, 0) is 18.8 Å². The fourth-order valence-corrected chi connectivity index (χ4v) is 5.11. The van der Waals surface area contributed by atoms with Crippen molar-refractivity contribution in [1.29, 1.82) is 0 Å². The number of alkyl halides is 14. The fourth-order valence-electron chi connectivity index (χ4n) is 3.32. The van der Waals surface area contributed by atoms with Crippen molar-refractivity contribution in [1.82, 2.24) is 4.72 Å². The van der Waals surface area contributed by atoms with Gasteiger partial charge in [-0.15, -0.1) is 0 Å². The summed E-state index contributed by atoms with van der Waals surface area (Å²) in [5.74, 6) is -4.65. The third kappa shape index (κ3) is 13.1. The third-order valence-electron chi connectivity index (χ3n) is 5.66. The van der Waals surface area contributed by atoms with Crippen molar-refractivity contribution in [3.63, 3.8) is 0 Å². The van der Waals surface area contributed by atoms with Gasteiger partial charge in [-0.3, -0.25) is 9.05 Å². The number of nitrogens with zero attached hydrogens (tertiary/aromatic N) is 1. The van der Waals surface area contributed by atoms with E-state index in [-0.39, 0.29) is 13.2 Å². The maximum atomic E-state index is 14.2. The quantitative estimate of drug-likeness (QED) is 0.0884. The topological polar surface area (TPSA) is 102 Å². The average Bonchev–Trinajstić information content (AvgIpc) is 2.72. The first kappa shape index (κ1) is 42.0. The molecule has 0 aliphatic carbocycles. The lowest BCUT2D eigenvalue weighted by atomic mass is 9.80. The molecule has 0 aromatic rings. The molecule has 8 nitrogen and oxygen atoms in total. The Kier molecular flexibility index (Phi) is 13.9. The zero-order chi connectivity index (χ0) is 34.6. The second-order valence-electron chi connectivity index (χ2n) is 10.4. The van der Waals surface area contributed by atoms with E-state index >= 15 is 0 Å². The second-order valence-corrected chi connectivity index (χ2v) is 13.8. The van der Waals surface area contributed by atoms with Crippen molar-refractivity contribution in [3.05, 3.63) is 0 Å². The summed E-state index contributed by atoms with van der Waals surface area (Å²) in [5, 5.41) is 0. The van der Waals surface area contributed by atoms with Crippen molar-refractivity contribution in [3.8, 4) is 0 Å². The van der Waals surface area contributed by atoms with E-state index in [4.69, 9.17) is 0 Å². The number of phosphoric acid groups is 1. The SMILES string of the molecule is C[N+](C)(C)CCOP(=O)(O)OCCNS(=O)(=O)CCCC(CC(F)(C(F)(F)F)C(F)(F)F)CC(F)(C(F)(F)F)C(F)(F)F. The average molecular weight is 711 g/mol. The summed E-state index contributed by atoms with van der Waals surface area (Å²) in [7, 11) is -4.19. The molecule has 0 saturated carbocycles. The third-order valence-corrected chi connectivity index (χ3v) is 8.15. The zero-order valence-corrected chi connectivity index (χ0v) is 24.2. The molecule has 0 fully saturated rings. The Morgan fingerprint density at radius 1 is 0.744 bits per heavy atom. The lowest BCUT2D eigenvalue weighted by Crippen LogP contribution is -2.57. The largest absolute Gasteiger partial charge is 0.472 e. The highest BCUT2D eigenvalue weighted by atomic mass is 32.2. The molecule has 2 N–H and O–H groups in total. The number of rotatable bonds is 17. The van der Waals surface area contributed by atoms with E-state index in [1.807, 2.05) is 0 Å². The summed E-state index contributed by atoms with van der Waals surface area (Å²) < 4.78 is 231. The van der Waals surface area contributed by atoms with Crippen LogP contribution in [0.15, 0.2) is 0 Å². The Labute approximate surface area is 236 Å². The molecule has 260 valence electrons. The van der Waals surface area contributed by atoms with Crippen molar-refractivity contribution < 1.29 is 92.9 Å². The predicted molar refractivity (Wildman–Crippen MR) is 120 cm³/mol. The smallest absolute Gasteiger partial charge is 0.329 e. The molecule has 43 heavy (non-hydrogen) atoms. The number of hydrogen-bond donors (Lipinski definition) is 2. The van der Waals surface area contributed by atoms with Gasteiger partial charge in [-0.25, -0.2) is 26.5 Å². The molecular formula is C19H30F14N2O6PS+. The lowest BCUT2D eigenvalue weighted by Gasteiger charge is -2.37. The van der Waals surface area contributed by atoms with E-state index in [0.29, 0.717) is 4.48 Å². The molecule has 24 heteroatoms. The summed E-state index contributed by atoms with van der Waals surface area (Å²) in [4.78, 5) is 9.50. The molecule has 0 heterocycles. The molecule has 0 bridgehead atoms. The Bertz CT molecular complexity index is 973.